The van der Waals surface area contributed by atoms with E-state index in [9.17, 15) is 5.11 Å². The molecule has 10 heavy (non-hydrogen) atoms. The fourth-order valence-corrected chi connectivity index (χ4v) is 0.837. The molecule has 0 fully saturated rings. The van der Waals surface area contributed by atoms with Gasteiger partial charge in [0.25, 0.3) is 0 Å². The Kier molecular flexibility index (Phi) is 4.65. The summed E-state index contributed by atoms with van der Waals surface area (Å²) < 4.78 is 0. The van der Waals surface area contributed by atoms with Gasteiger partial charge in [-0.1, -0.05) is 20.8 Å². The van der Waals surface area contributed by atoms with Gasteiger partial charge in [0, 0.05) is 12.5 Å². The van der Waals surface area contributed by atoms with Crippen LogP contribution in [0.5, 0.6) is 0 Å². The minimum Gasteiger partial charge on any atom is -0.396 e. The largest absolute Gasteiger partial charge is 0.396 e. The summed E-state index contributed by atoms with van der Waals surface area (Å²) in [6.45, 7) is 6.06. The maximum atomic E-state index is 9.33. The second-order valence-electron chi connectivity index (χ2n) is 3.36. The molecule has 0 aliphatic heterocycles. The summed E-state index contributed by atoms with van der Waals surface area (Å²) in [5, 5.41) is 18.0. The zero-order chi connectivity index (χ0) is 8.15. The van der Waals surface area contributed by atoms with E-state index >= 15 is 0 Å². The van der Waals surface area contributed by atoms with Crippen molar-refractivity contribution in [1.29, 1.82) is 0 Å². The normalized spacial score (nSPS) is 17.4. The van der Waals surface area contributed by atoms with Gasteiger partial charge in [-0.15, -0.1) is 0 Å². The fourth-order valence-electron chi connectivity index (χ4n) is 0.837. The minimum atomic E-state index is -0.343. The van der Waals surface area contributed by atoms with Crippen LogP contribution >= 0.6 is 0 Å². The van der Waals surface area contributed by atoms with Crippen molar-refractivity contribution in [3.8, 4) is 0 Å². The van der Waals surface area contributed by atoms with Crippen LogP contribution in [0.4, 0.5) is 0 Å². The molecule has 2 nitrogen and oxygen atoms in total. The first-order valence-electron chi connectivity index (χ1n) is 3.86. The monoisotopic (exact) mass is 146 g/mol. The highest BCUT2D eigenvalue weighted by atomic mass is 16.3. The average molecular weight is 146 g/mol. The highest BCUT2D eigenvalue weighted by Gasteiger charge is 2.13. The topological polar surface area (TPSA) is 40.5 Å². The van der Waals surface area contributed by atoms with E-state index in [1.54, 1.807) is 0 Å². The first kappa shape index (κ1) is 9.92. The van der Waals surface area contributed by atoms with Crippen molar-refractivity contribution < 1.29 is 10.2 Å². The van der Waals surface area contributed by atoms with Crippen molar-refractivity contribution in [2.45, 2.75) is 33.3 Å². The van der Waals surface area contributed by atoms with E-state index in [1.165, 1.54) is 0 Å². The lowest BCUT2D eigenvalue weighted by Crippen LogP contribution is -2.22. The van der Waals surface area contributed by atoms with Crippen LogP contribution in [0.15, 0.2) is 0 Å². The molecule has 0 aromatic carbocycles. The van der Waals surface area contributed by atoms with Crippen LogP contribution in [0.25, 0.3) is 0 Å². The molecule has 0 aliphatic rings. The van der Waals surface area contributed by atoms with E-state index in [2.05, 4.69) is 13.8 Å². The Balaban J connectivity index is 3.50. The van der Waals surface area contributed by atoms with Crippen LogP contribution in [0.3, 0.4) is 0 Å². The third-order valence-electron chi connectivity index (χ3n) is 1.66. The van der Waals surface area contributed by atoms with Crippen molar-refractivity contribution in [2.24, 2.45) is 11.8 Å². The SMILES string of the molecule is CC(C)C[C@@H](O)[C@H](C)CO. The molecular weight excluding hydrogens is 128 g/mol. The van der Waals surface area contributed by atoms with Crippen LogP contribution in [0.1, 0.15) is 27.2 Å². The van der Waals surface area contributed by atoms with Gasteiger partial charge in [-0.2, -0.15) is 0 Å². The second kappa shape index (κ2) is 4.69. The summed E-state index contributed by atoms with van der Waals surface area (Å²) in [4.78, 5) is 0. The van der Waals surface area contributed by atoms with E-state index in [1.807, 2.05) is 6.92 Å². The van der Waals surface area contributed by atoms with E-state index in [-0.39, 0.29) is 18.6 Å². The van der Waals surface area contributed by atoms with E-state index in [0.29, 0.717) is 5.92 Å². The summed E-state index contributed by atoms with van der Waals surface area (Å²) in [7, 11) is 0. The number of hydrogen-bond donors (Lipinski definition) is 2. The standard InChI is InChI=1S/C8H18O2/c1-6(2)4-8(10)7(3)5-9/h6-10H,4-5H2,1-3H3/t7-,8-/m1/s1. The summed E-state index contributed by atoms with van der Waals surface area (Å²) in [6.07, 6.45) is 0.437. The van der Waals surface area contributed by atoms with Gasteiger partial charge in [0.2, 0.25) is 0 Å². The highest BCUT2D eigenvalue weighted by molar-refractivity contribution is 4.64. The van der Waals surface area contributed by atoms with Crippen LogP contribution < -0.4 is 0 Å². The summed E-state index contributed by atoms with van der Waals surface area (Å²) in [5.41, 5.74) is 0. The van der Waals surface area contributed by atoms with Gasteiger partial charge in [0.05, 0.1) is 6.10 Å². The molecule has 0 aromatic heterocycles. The predicted octanol–water partition coefficient (Wildman–Crippen LogP) is 1.02. The molecule has 0 heterocycles. The first-order valence-corrected chi connectivity index (χ1v) is 3.86. The summed E-state index contributed by atoms with van der Waals surface area (Å²) >= 11 is 0. The van der Waals surface area contributed by atoms with Crippen LogP contribution in [0, 0.1) is 11.8 Å². The molecule has 62 valence electrons. The molecule has 0 radical (unpaired) electrons. The molecule has 0 aromatic rings. The van der Waals surface area contributed by atoms with Gasteiger partial charge < -0.3 is 10.2 Å². The molecule has 0 rings (SSSR count). The molecule has 0 saturated carbocycles. The molecule has 0 saturated heterocycles. The first-order chi connectivity index (χ1) is 4.57. The maximum absolute atomic E-state index is 9.33. The predicted molar refractivity (Wildman–Crippen MR) is 41.7 cm³/mol. The fraction of sp³-hybridized carbons (Fsp3) is 1.00. The van der Waals surface area contributed by atoms with Crippen molar-refractivity contribution in [3.05, 3.63) is 0 Å². The van der Waals surface area contributed by atoms with Crippen molar-refractivity contribution >= 4 is 0 Å². The van der Waals surface area contributed by atoms with Crippen molar-refractivity contribution in [3.63, 3.8) is 0 Å². The zero-order valence-electron chi connectivity index (χ0n) is 7.04. The third kappa shape index (κ3) is 3.85. The van der Waals surface area contributed by atoms with Crippen molar-refractivity contribution in [1.82, 2.24) is 0 Å². The molecule has 2 heteroatoms. The lowest BCUT2D eigenvalue weighted by atomic mass is 9.97. The Bertz CT molecular complexity index is 81.3. The van der Waals surface area contributed by atoms with Crippen LogP contribution in [0.2, 0.25) is 0 Å². The number of aliphatic hydroxyl groups excluding tert-OH is 2. The number of rotatable bonds is 4. The Morgan fingerprint density at radius 2 is 1.70 bits per heavy atom. The third-order valence-corrected chi connectivity index (χ3v) is 1.66. The van der Waals surface area contributed by atoms with Crippen LogP contribution in [-0.2, 0) is 0 Å². The van der Waals surface area contributed by atoms with Gasteiger partial charge in [-0.25, -0.2) is 0 Å². The van der Waals surface area contributed by atoms with Crippen molar-refractivity contribution in [2.75, 3.05) is 6.61 Å². The highest BCUT2D eigenvalue weighted by Crippen LogP contribution is 2.11. The Morgan fingerprint density at radius 3 is 2.00 bits per heavy atom. The van der Waals surface area contributed by atoms with Gasteiger partial charge in [-0.05, 0) is 12.3 Å². The van der Waals surface area contributed by atoms with Gasteiger partial charge in [-0.3, -0.25) is 0 Å². The lowest BCUT2D eigenvalue weighted by molar-refractivity contribution is 0.0612. The van der Waals surface area contributed by atoms with E-state index in [4.69, 9.17) is 5.11 Å². The molecule has 0 unspecified atom stereocenters. The van der Waals surface area contributed by atoms with Gasteiger partial charge in [0.1, 0.15) is 0 Å². The molecule has 2 N–H and O–H groups in total. The van der Waals surface area contributed by atoms with Gasteiger partial charge in [0.15, 0.2) is 0 Å². The maximum Gasteiger partial charge on any atom is 0.0590 e. The smallest absolute Gasteiger partial charge is 0.0590 e. The number of hydrogen-bond acceptors (Lipinski definition) is 2. The second-order valence-corrected chi connectivity index (χ2v) is 3.36. The Hall–Kier alpha value is -0.0800. The summed E-state index contributed by atoms with van der Waals surface area (Å²) in [5.74, 6) is 0.520. The molecule has 0 aliphatic carbocycles. The zero-order valence-corrected chi connectivity index (χ0v) is 7.04. The molecule has 0 amide bonds. The Labute approximate surface area is 62.9 Å². The molecule has 0 bridgehead atoms. The van der Waals surface area contributed by atoms with E-state index in [0.717, 1.165) is 6.42 Å². The molecule has 2 atom stereocenters. The quantitative estimate of drug-likeness (QED) is 0.621. The molecular formula is C8H18O2. The van der Waals surface area contributed by atoms with E-state index < -0.39 is 0 Å². The molecule has 0 spiro atoms. The van der Waals surface area contributed by atoms with Crippen LogP contribution in [-0.4, -0.2) is 22.9 Å². The average Bonchev–Trinajstić information content (AvgIpc) is 1.85. The minimum absolute atomic E-state index is 0.0161. The lowest BCUT2D eigenvalue weighted by Gasteiger charge is -2.17. The number of aliphatic hydroxyl groups is 2. The van der Waals surface area contributed by atoms with Gasteiger partial charge >= 0.3 is 0 Å². The summed E-state index contributed by atoms with van der Waals surface area (Å²) in [6, 6.07) is 0. The Morgan fingerprint density at radius 1 is 1.20 bits per heavy atom.